The van der Waals surface area contributed by atoms with E-state index < -0.39 is 10.0 Å². The van der Waals surface area contributed by atoms with Crippen LogP contribution < -0.4 is 0 Å². The first-order chi connectivity index (χ1) is 17.0. The van der Waals surface area contributed by atoms with Crippen molar-refractivity contribution in [3.63, 3.8) is 0 Å². The predicted molar refractivity (Wildman–Crippen MR) is 147 cm³/mol. The highest BCUT2D eigenvalue weighted by atomic mass is 79.9. The largest absolute Gasteiger partial charge is 0.340 e. The predicted octanol–water partition coefficient (Wildman–Crippen LogP) is 4.95. The number of hydrogen-bond donors (Lipinski definition) is 0. The molecule has 0 atom stereocenters. The number of benzene rings is 2. The molecule has 2 aromatic heterocycles. The summed E-state index contributed by atoms with van der Waals surface area (Å²) in [6, 6.07) is 14.0. The van der Waals surface area contributed by atoms with E-state index in [1.807, 2.05) is 45.0 Å². The molecule has 2 aromatic carbocycles. The molecule has 0 radical (unpaired) electrons. The summed E-state index contributed by atoms with van der Waals surface area (Å²) in [5, 5.41) is 0.738. The molecule has 0 N–H and O–H groups in total. The van der Waals surface area contributed by atoms with E-state index in [9.17, 15) is 13.2 Å². The topological polar surface area (TPSA) is 75.5 Å². The van der Waals surface area contributed by atoms with E-state index in [1.54, 1.807) is 60.7 Å². The van der Waals surface area contributed by atoms with Crippen molar-refractivity contribution in [2.75, 3.05) is 34.2 Å². The van der Waals surface area contributed by atoms with Gasteiger partial charge < -0.3 is 9.80 Å². The van der Waals surface area contributed by atoms with E-state index in [0.29, 0.717) is 17.8 Å². The number of likely N-dealkylation sites (N-methyl/N-ethyl adjacent to an activating group) is 2. The van der Waals surface area contributed by atoms with Gasteiger partial charge in [-0.1, -0.05) is 29.8 Å². The number of amides is 1. The summed E-state index contributed by atoms with van der Waals surface area (Å²) in [6.45, 7) is 5.24. The maximum absolute atomic E-state index is 13.6. The van der Waals surface area contributed by atoms with Crippen molar-refractivity contribution in [3.05, 3.63) is 82.1 Å². The van der Waals surface area contributed by atoms with Gasteiger partial charge in [0.05, 0.1) is 4.90 Å². The average Bonchev–Trinajstić information content (AvgIpc) is 3.26. The van der Waals surface area contributed by atoms with Gasteiger partial charge >= 0.3 is 0 Å². The van der Waals surface area contributed by atoms with Crippen LogP contribution in [-0.4, -0.2) is 67.3 Å². The Hall–Kier alpha value is -3.01. The summed E-state index contributed by atoms with van der Waals surface area (Å²) in [4.78, 5) is 21.2. The maximum atomic E-state index is 13.6. The molecule has 0 aliphatic rings. The monoisotopic (exact) mass is 568 g/mol. The van der Waals surface area contributed by atoms with Crippen LogP contribution in [0.25, 0.3) is 22.2 Å². The molecule has 0 saturated carbocycles. The van der Waals surface area contributed by atoms with E-state index in [-0.39, 0.29) is 10.8 Å². The van der Waals surface area contributed by atoms with E-state index >= 15 is 0 Å². The van der Waals surface area contributed by atoms with Crippen molar-refractivity contribution in [3.8, 4) is 11.1 Å². The second kappa shape index (κ2) is 10.2. The first kappa shape index (κ1) is 26.1. The van der Waals surface area contributed by atoms with Crippen molar-refractivity contribution in [2.45, 2.75) is 18.7 Å². The Labute approximate surface area is 220 Å². The number of hydrogen-bond acceptors (Lipinski definition) is 5. The van der Waals surface area contributed by atoms with Gasteiger partial charge in [0.15, 0.2) is 5.65 Å². The van der Waals surface area contributed by atoms with Crippen LogP contribution in [0.4, 0.5) is 0 Å². The summed E-state index contributed by atoms with van der Waals surface area (Å²) < 4.78 is 29.2. The number of rotatable bonds is 7. The molecule has 188 valence electrons. The highest BCUT2D eigenvalue weighted by Gasteiger charge is 2.24. The number of halogens is 1. The number of carbonyl (C=O) groups is 1. The molecule has 9 heteroatoms. The molecular formula is C27H29BrN4O3S. The number of carbonyl (C=O) groups excluding carboxylic acids is 1. The zero-order valence-electron chi connectivity index (χ0n) is 21.0. The lowest BCUT2D eigenvalue weighted by Gasteiger charge is -2.19. The first-order valence-corrected chi connectivity index (χ1v) is 13.7. The van der Waals surface area contributed by atoms with Gasteiger partial charge in [-0.2, -0.15) is 0 Å². The quantitative estimate of drug-likeness (QED) is 0.315. The molecule has 0 aliphatic heterocycles. The van der Waals surface area contributed by atoms with E-state index in [4.69, 9.17) is 0 Å². The van der Waals surface area contributed by atoms with E-state index in [2.05, 4.69) is 20.9 Å². The van der Waals surface area contributed by atoms with Crippen LogP contribution in [0.2, 0.25) is 0 Å². The van der Waals surface area contributed by atoms with Crippen molar-refractivity contribution < 1.29 is 13.2 Å². The van der Waals surface area contributed by atoms with Gasteiger partial charge in [-0.05, 0) is 79.3 Å². The fourth-order valence-electron chi connectivity index (χ4n) is 3.99. The van der Waals surface area contributed by atoms with Gasteiger partial charge in [0, 0.05) is 53.5 Å². The molecule has 0 bridgehead atoms. The SMILES string of the molecule is Cc1ccc(S(=O)(=O)n2cc(-c3ccc(C(=O)N(C)CCN(C)C)cc3)c3c(C)c(Br)cnc32)cc1. The molecule has 7 nitrogen and oxygen atoms in total. The highest BCUT2D eigenvalue weighted by molar-refractivity contribution is 9.10. The second-order valence-corrected chi connectivity index (χ2v) is 11.9. The second-order valence-electron chi connectivity index (χ2n) is 9.19. The number of fused-ring (bicyclic) bond motifs is 1. The Bertz CT molecular complexity index is 1530. The minimum Gasteiger partial charge on any atom is -0.340 e. The van der Waals surface area contributed by atoms with Crippen molar-refractivity contribution in [1.29, 1.82) is 0 Å². The summed E-state index contributed by atoms with van der Waals surface area (Å²) in [5.74, 6) is -0.0617. The normalized spacial score (nSPS) is 11.9. The van der Waals surface area contributed by atoms with Gasteiger partial charge in [-0.3, -0.25) is 4.79 Å². The number of aromatic nitrogens is 2. The molecule has 4 aromatic rings. The first-order valence-electron chi connectivity index (χ1n) is 11.5. The van der Waals surface area contributed by atoms with E-state index in [0.717, 1.165) is 38.7 Å². The Morgan fingerprint density at radius 3 is 2.22 bits per heavy atom. The molecule has 0 fully saturated rings. The third-order valence-corrected chi connectivity index (χ3v) is 8.70. The molecular weight excluding hydrogens is 540 g/mol. The zero-order valence-corrected chi connectivity index (χ0v) is 23.4. The summed E-state index contributed by atoms with van der Waals surface area (Å²) in [5.41, 5.74) is 4.32. The van der Waals surface area contributed by atoms with Crippen LogP contribution in [0, 0.1) is 13.8 Å². The van der Waals surface area contributed by atoms with Crippen LogP contribution >= 0.6 is 15.9 Å². The number of nitrogens with zero attached hydrogens (tertiary/aromatic N) is 4. The lowest BCUT2D eigenvalue weighted by molar-refractivity contribution is 0.0786. The average molecular weight is 570 g/mol. The van der Waals surface area contributed by atoms with E-state index in [1.165, 1.54) is 3.97 Å². The van der Waals surface area contributed by atoms with Crippen LogP contribution in [-0.2, 0) is 10.0 Å². The Balaban J connectivity index is 1.79. The molecule has 0 spiro atoms. The van der Waals surface area contributed by atoms with Crippen molar-refractivity contribution in [1.82, 2.24) is 18.8 Å². The fraction of sp³-hybridized carbons (Fsp3) is 0.259. The Morgan fingerprint density at radius 1 is 0.972 bits per heavy atom. The lowest BCUT2D eigenvalue weighted by atomic mass is 10.0. The lowest BCUT2D eigenvalue weighted by Crippen LogP contribution is -2.33. The summed E-state index contributed by atoms with van der Waals surface area (Å²) in [6.07, 6.45) is 3.24. The van der Waals surface area contributed by atoms with Crippen molar-refractivity contribution >= 4 is 42.9 Å². The molecule has 2 heterocycles. The number of pyridine rings is 1. The van der Waals surface area contributed by atoms with Gasteiger partial charge in [0.25, 0.3) is 15.9 Å². The zero-order chi connectivity index (χ0) is 26.2. The van der Waals surface area contributed by atoms with Crippen LogP contribution in [0.15, 0.2) is 70.3 Å². The third-order valence-electron chi connectivity index (χ3n) is 6.23. The van der Waals surface area contributed by atoms with Gasteiger partial charge in [0.1, 0.15) is 0 Å². The molecule has 4 rings (SSSR count). The van der Waals surface area contributed by atoms with Crippen LogP contribution in [0.3, 0.4) is 0 Å². The Morgan fingerprint density at radius 2 is 1.61 bits per heavy atom. The standard InChI is InChI=1S/C27H29BrN4O3S/c1-18-6-12-22(13-7-18)36(34,35)32-17-23(25-19(2)24(28)16-29-26(25)32)20-8-10-21(11-9-20)27(33)31(5)15-14-30(3)4/h6-13,16-17H,14-15H2,1-5H3. The van der Waals surface area contributed by atoms with Gasteiger partial charge in [-0.15, -0.1) is 0 Å². The smallest absolute Gasteiger partial charge is 0.269 e. The summed E-state index contributed by atoms with van der Waals surface area (Å²) in [7, 11) is 1.86. The van der Waals surface area contributed by atoms with Gasteiger partial charge in [-0.25, -0.2) is 17.4 Å². The van der Waals surface area contributed by atoms with Crippen LogP contribution in [0.1, 0.15) is 21.5 Å². The maximum Gasteiger partial charge on any atom is 0.269 e. The molecule has 0 unspecified atom stereocenters. The molecule has 36 heavy (non-hydrogen) atoms. The van der Waals surface area contributed by atoms with Crippen LogP contribution in [0.5, 0.6) is 0 Å². The minimum absolute atomic E-state index is 0.0617. The number of aryl methyl sites for hydroxylation is 2. The Kier molecular flexibility index (Phi) is 7.36. The van der Waals surface area contributed by atoms with Gasteiger partial charge in [0.2, 0.25) is 0 Å². The third kappa shape index (κ3) is 4.96. The molecule has 1 amide bonds. The molecule has 0 saturated heterocycles. The minimum atomic E-state index is -3.87. The summed E-state index contributed by atoms with van der Waals surface area (Å²) >= 11 is 3.53. The highest BCUT2D eigenvalue weighted by Crippen LogP contribution is 2.36. The fourth-order valence-corrected chi connectivity index (χ4v) is 5.61. The van der Waals surface area contributed by atoms with Crippen molar-refractivity contribution in [2.24, 2.45) is 0 Å². The molecule has 0 aliphatic carbocycles.